The van der Waals surface area contributed by atoms with Crippen molar-refractivity contribution in [2.45, 2.75) is 122 Å². The van der Waals surface area contributed by atoms with Gasteiger partial charge in [-0.2, -0.15) is 4.98 Å². The van der Waals surface area contributed by atoms with E-state index in [2.05, 4.69) is 33.2 Å². The molecule has 3 saturated carbocycles. The molecule has 1 unspecified atom stereocenters. The molecule has 2 bridgehead atoms. The zero-order valence-corrected chi connectivity index (χ0v) is 31.8. The van der Waals surface area contributed by atoms with Crippen molar-refractivity contribution in [3.05, 3.63) is 52.6 Å². The predicted octanol–water partition coefficient (Wildman–Crippen LogP) is 3.93. The second-order valence-electron chi connectivity index (χ2n) is 17.1. The van der Waals surface area contributed by atoms with Gasteiger partial charge >= 0.3 is 23.9 Å². The minimum absolute atomic E-state index is 0.0529. The summed E-state index contributed by atoms with van der Waals surface area (Å²) in [6, 6.07) is 9.07. The van der Waals surface area contributed by atoms with Gasteiger partial charge in [0, 0.05) is 49.5 Å². The molecule has 52 heavy (non-hydrogen) atoms. The van der Waals surface area contributed by atoms with Crippen molar-refractivity contribution in [3.8, 4) is 5.69 Å². The summed E-state index contributed by atoms with van der Waals surface area (Å²) in [5.41, 5.74) is -1.28. The number of rotatable bonds is 9. The number of nitrogens with zero attached hydrogens (tertiary/aromatic N) is 4. The van der Waals surface area contributed by atoms with Crippen LogP contribution in [0.1, 0.15) is 87.1 Å². The topological polar surface area (TPSA) is 176 Å². The lowest BCUT2D eigenvalue weighted by molar-refractivity contribution is -0.138. The normalized spacial score (nSPS) is 21.9. The number of amides is 5. The first-order chi connectivity index (χ1) is 24.0. The fourth-order valence-corrected chi connectivity index (χ4v) is 7.29. The van der Waals surface area contributed by atoms with E-state index in [1.54, 1.807) is 56.7 Å². The van der Waals surface area contributed by atoms with Gasteiger partial charge in [0.25, 0.3) is 0 Å². The van der Waals surface area contributed by atoms with Gasteiger partial charge in [-0.25, -0.2) is 19.2 Å². The van der Waals surface area contributed by atoms with Gasteiger partial charge in [0.1, 0.15) is 22.6 Å². The van der Waals surface area contributed by atoms with Crippen LogP contribution in [0.2, 0.25) is 0 Å². The number of carbonyl (C=O) groups excluding carboxylic acids is 4. The van der Waals surface area contributed by atoms with E-state index in [9.17, 15) is 24.0 Å². The van der Waals surface area contributed by atoms with Crippen molar-refractivity contribution >= 4 is 29.9 Å². The first kappa shape index (κ1) is 38.6. The third kappa shape index (κ3) is 9.41. The van der Waals surface area contributed by atoms with Crippen LogP contribution < -0.4 is 27.0 Å². The molecule has 4 N–H and O–H groups in total. The Balaban J connectivity index is 1.06. The van der Waals surface area contributed by atoms with Crippen LogP contribution in [0.25, 0.3) is 5.69 Å². The molecule has 4 fully saturated rings. The zero-order valence-electron chi connectivity index (χ0n) is 31.8. The summed E-state index contributed by atoms with van der Waals surface area (Å²) in [7, 11) is 0. The number of urea groups is 1. The minimum atomic E-state index is -1.19. The molecule has 0 spiro atoms. The minimum Gasteiger partial charge on any atom is -0.444 e. The number of hydrogen-bond acceptors (Lipinski definition) is 9. The number of alkyl carbamates (subject to hydrolysis) is 2. The number of anilines is 1. The molecule has 1 aromatic carbocycles. The average molecular weight is 723 g/mol. The Morgan fingerprint density at radius 3 is 1.92 bits per heavy atom. The van der Waals surface area contributed by atoms with E-state index >= 15 is 0 Å². The SMILES string of the molecule is CC(Cc1ccc(-n2ccc(NC(=O)N3CCN(C(=O)C(C)(C)NC(=O)OC(C)(C)C)CC3)nc2=O)cc1)NC12CC(NC(=O)OC(C)(C)C)(C1)C2. The maximum atomic E-state index is 13.1. The Labute approximate surface area is 305 Å². The maximum absolute atomic E-state index is 13.1. The van der Waals surface area contributed by atoms with Gasteiger partial charge in [-0.15, -0.1) is 0 Å². The Morgan fingerprint density at radius 1 is 0.808 bits per heavy atom. The molecule has 1 atom stereocenters. The van der Waals surface area contributed by atoms with E-state index in [0.29, 0.717) is 5.69 Å². The summed E-state index contributed by atoms with van der Waals surface area (Å²) in [4.78, 5) is 70.8. The van der Waals surface area contributed by atoms with Crippen molar-refractivity contribution in [3.63, 3.8) is 0 Å². The number of aromatic nitrogens is 2. The molecule has 0 radical (unpaired) electrons. The van der Waals surface area contributed by atoms with Gasteiger partial charge in [0.15, 0.2) is 0 Å². The smallest absolute Gasteiger partial charge is 0.408 e. The number of benzene rings is 1. The molecule has 3 aliphatic carbocycles. The molecule has 1 aliphatic heterocycles. The third-order valence-corrected chi connectivity index (χ3v) is 9.35. The largest absolute Gasteiger partial charge is 0.444 e. The molecule has 2 aromatic rings. The lowest BCUT2D eigenvalue weighted by atomic mass is 9.44. The number of ether oxygens (including phenoxy) is 2. The number of nitrogens with one attached hydrogen (secondary N) is 4. The highest BCUT2D eigenvalue weighted by atomic mass is 16.6. The summed E-state index contributed by atoms with van der Waals surface area (Å²) < 4.78 is 12.1. The van der Waals surface area contributed by atoms with Gasteiger partial charge in [0.05, 0.1) is 5.69 Å². The van der Waals surface area contributed by atoms with Gasteiger partial charge < -0.3 is 35.2 Å². The predicted molar refractivity (Wildman–Crippen MR) is 195 cm³/mol. The van der Waals surface area contributed by atoms with Crippen LogP contribution in [0.15, 0.2) is 41.3 Å². The Bertz CT molecular complexity index is 1710. The molecule has 4 aliphatic rings. The van der Waals surface area contributed by atoms with Crippen LogP contribution in [0.3, 0.4) is 0 Å². The summed E-state index contributed by atoms with van der Waals surface area (Å²) in [6.45, 7) is 17.3. The highest BCUT2D eigenvalue weighted by molar-refractivity contribution is 5.90. The molecule has 1 saturated heterocycles. The van der Waals surface area contributed by atoms with Crippen LogP contribution >= 0.6 is 0 Å². The molecule has 6 rings (SSSR count). The lowest BCUT2D eigenvalue weighted by Crippen LogP contribution is -2.84. The van der Waals surface area contributed by atoms with Gasteiger partial charge in [0.2, 0.25) is 5.91 Å². The van der Waals surface area contributed by atoms with E-state index < -0.39 is 34.6 Å². The third-order valence-electron chi connectivity index (χ3n) is 9.35. The molecule has 2 heterocycles. The first-order valence-corrected chi connectivity index (χ1v) is 17.9. The monoisotopic (exact) mass is 722 g/mol. The molecule has 15 nitrogen and oxygen atoms in total. The Kier molecular flexibility index (Phi) is 10.4. The molecule has 15 heteroatoms. The van der Waals surface area contributed by atoms with E-state index in [-0.39, 0.29) is 61.1 Å². The summed E-state index contributed by atoms with van der Waals surface area (Å²) >= 11 is 0. The molecule has 1 aromatic heterocycles. The van der Waals surface area contributed by atoms with Gasteiger partial charge in [-0.3, -0.25) is 14.7 Å². The van der Waals surface area contributed by atoms with Crippen LogP contribution in [0, 0.1) is 0 Å². The van der Waals surface area contributed by atoms with E-state index in [1.165, 1.54) is 4.57 Å². The highest BCUT2D eigenvalue weighted by Gasteiger charge is 2.69. The summed E-state index contributed by atoms with van der Waals surface area (Å²) in [6.07, 6.45) is 4.01. The highest BCUT2D eigenvalue weighted by Crippen LogP contribution is 2.60. The second-order valence-corrected chi connectivity index (χ2v) is 17.1. The van der Waals surface area contributed by atoms with Crippen LogP contribution in [-0.4, -0.2) is 104 Å². The standard InChI is InChI=1S/C37H54N8O7/c1-24(40-36-21-37(22-36,23-36)42-32(50)52-34(5,6)7)20-25-10-12-26(13-11-25)45-15-14-27(39-30(45)48)38-29(47)44-18-16-43(17-19-44)28(46)35(8,9)41-31(49)51-33(2,3)4/h10-15,24,40H,16-23H2,1-9H3,(H,41,49)(H,42,50)(H,38,39,47,48). The van der Waals surface area contributed by atoms with Gasteiger partial charge in [-0.1, -0.05) is 12.1 Å². The maximum Gasteiger partial charge on any atom is 0.408 e. The van der Waals surface area contributed by atoms with Crippen LogP contribution in [0.4, 0.5) is 20.2 Å². The molecular formula is C37H54N8O7. The second kappa shape index (κ2) is 14.1. The summed E-state index contributed by atoms with van der Waals surface area (Å²) in [5, 5.41) is 12.1. The molecule has 5 amide bonds. The van der Waals surface area contributed by atoms with Crippen LogP contribution in [-0.2, 0) is 20.7 Å². The number of hydrogen-bond donors (Lipinski definition) is 4. The van der Waals surface area contributed by atoms with Crippen molar-refractivity contribution < 1.29 is 28.7 Å². The Morgan fingerprint density at radius 2 is 1.37 bits per heavy atom. The molecular weight excluding hydrogens is 668 g/mol. The number of carbonyl (C=O) groups is 4. The summed E-state index contributed by atoms with van der Waals surface area (Å²) in [5.74, 6) is -0.155. The van der Waals surface area contributed by atoms with E-state index in [4.69, 9.17) is 9.47 Å². The first-order valence-electron chi connectivity index (χ1n) is 17.9. The van der Waals surface area contributed by atoms with Crippen LogP contribution in [0.5, 0.6) is 0 Å². The van der Waals surface area contributed by atoms with Gasteiger partial charge in [-0.05, 0) is 112 Å². The van der Waals surface area contributed by atoms with Crippen molar-refractivity contribution in [1.29, 1.82) is 0 Å². The fraction of sp³-hybridized carbons (Fsp3) is 0.622. The van der Waals surface area contributed by atoms with E-state index in [1.807, 2.05) is 45.0 Å². The average Bonchev–Trinajstić information content (AvgIpc) is 2.97. The molecule has 284 valence electrons. The Hall–Kier alpha value is -4.66. The lowest BCUT2D eigenvalue weighted by Gasteiger charge is -2.71. The van der Waals surface area contributed by atoms with E-state index in [0.717, 1.165) is 31.2 Å². The fourth-order valence-electron chi connectivity index (χ4n) is 7.29. The number of piperazine rings is 1. The quantitative estimate of drug-likeness (QED) is 0.299. The van der Waals surface area contributed by atoms with Crippen molar-refractivity contribution in [2.24, 2.45) is 0 Å². The van der Waals surface area contributed by atoms with Crippen molar-refractivity contribution in [1.82, 2.24) is 35.3 Å². The zero-order chi connectivity index (χ0) is 38.3. The van der Waals surface area contributed by atoms with Crippen molar-refractivity contribution in [2.75, 3.05) is 31.5 Å².